The van der Waals surface area contributed by atoms with Gasteiger partial charge in [-0.1, -0.05) is 0 Å². The van der Waals surface area contributed by atoms with Crippen molar-refractivity contribution in [2.75, 3.05) is 31.1 Å². The maximum absolute atomic E-state index is 13.2. The molecule has 0 saturated carbocycles. The second-order valence-electron chi connectivity index (χ2n) is 7.33. The van der Waals surface area contributed by atoms with Gasteiger partial charge in [0, 0.05) is 25.7 Å². The van der Waals surface area contributed by atoms with Crippen molar-refractivity contribution < 1.29 is 23.1 Å². The molecule has 0 aliphatic carbocycles. The van der Waals surface area contributed by atoms with Crippen LogP contribution in [0.4, 0.5) is 10.1 Å². The van der Waals surface area contributed by atoms with E-state index in [9.17, 15) is 14.0 Å². The minimum absolute atomic E-state index is 0.0200. The van der Waals surface area contributed by atoms with Gasteiger partial charge in [-0.3, -0.25) is 9.59 Å². The van der Waals surface area contributed by atoms with E-state index in [-0.39, 0.29) is 24.2 Å². The van der Waals surface area contributed by atoms with E-state index in [0.29, 0.717) is 43.3 Å². The van der Waals surface area contributed by atoms with Crippen LogP contribution < -0.4 is 4.90 Å². The number of nitrogens with zero attached hydrogens (tertiary/aromatic N) is 3. The summed E-state index contributed by atoms with van der Waals surface area (Å²) in [6.45, 7) is 3.18. The third-order valence-electron chi connectivity index (χ3n) is 5.41. The number of hydrogen-bond acceptors (Lipinski definition) is 5. The lowest BCUT2D eigenvalue weighted by Gasteiger charge is -2.42. The number of oxazole rings is 1. The molecule has 28 heavy (non-hydrogen) atoms. The first kappa shape index (κ1) is 18.6. The summed E-state index contributed by atoms with van der Waals surface area (Å²) < 4.78 is 24.4. The first-order valence-corrected chi connectivity index (χ1v) is 9.37. The van der Waals surface area contributed by atoms with Gasteiger partial charge >= 0.3 is 0 Å². The molecule has 8 heteroatoms. The van der Waals surface area contributed by atoms with Crippen molar-refractivity contribution in [3.05, 3.63) is 47.9 Å². The number of carbonyl (C=O) groups is 2. The van der Waals surface area contributed by atoms with Gasteiger partial charge in [0.15, 0.2) is 11.6 Å². The average Bonchev–Trinajstić information content (AvgIpc) is 3.02. The van der Waals surface area contributed by atoms with Crippen LogP contribution in [0, 0.1) is 12.7 Å². The third-order valence-corrected chi connectivity index (χ3v) is 5.41. The average molecular weight is 387 g/mol. The van der Waals surface area contributed by atoms with E-state index in [1.807, 2.05) is 0 Å². The largest absolute Gasteiger partial charge is 0.448 e. The summed E-state index contributed by atoms with van der Waals surface area (Å²) in [5, 5.41) is 0. The Morgan fingerprint density at radius 1 is 1.21 bits per heavy atom. The lowest BCUT2D eigenvalue weighted by molar-refractivity contribution is -0.140. The summed E-state index contributed by atoms with van der Waals surface area (Å²) in [4.78, 5) is 32.6. The molecule has 2 aromatic rings. The molecule has 1 aromatic carbocycles. The van der Waals surface area contributed by atoms with Crippen LogP contribution in [0.2, 0.25) is 0 Å². The van der Waals surface area contributed by atoms with Crippen LogP contribution in [-0.2, 0) is 9.53 Å². The molecular weight excluding hydrogens is 365 g/mol. The van der Waals surface area contributed by atoms with E-state index in [1.54, 1.807) is 28.9 Å². The molecule has 2 fully saturated rings. The molecular formula is C20H22FN3O4. The molecule has 7 nitrogen and oxygen atoms in total. The number of amides is 2. The SMILES string of the molecule is Cc1nc(C(=O)N2CCCC3(CC2)CN(c2ccc(F)cc2)C(=O)CO3)co1. The Bertz CT molecular complexity index is 882. The number of rotatable bonds is 2. The zero-order chi connectivity index (χ0) is 19.7. The van der Waals surface area contributed by atoms with Gasteiger partial charge < -0.3 is 19.0 Å². The number of morpholine rings is 1. The van der Waals surface area contributed by atoms with E-state index in [4.69, 9.17) is 9.15 Å². The van der Waals surface area contributed by atoms with Crippen molar-refractivity contribution in [1.29, 1.82) is 0 Å². The van der Waals surface area contributed by atoms with E-state index >= 15 is 0 Å². The monoisotopic (exact) mass is 387 g/mol. The maximum Gasteiger partial charge on any atom is 0.275 e. The van der Waals surface area contributed by atoms with Gasteiger partial charge in [-0.05, 0) is 43.5 Å². The second-order valence-corrected chi connectivity index (χ2v) is 7.33. The minimum Gasteiger partial charge on any atom is -0.448 e. The predicted molar refractivity (Wildman–Crippen MR) is 98.4 cm³/mol. The highest BCUT2D eigenvalue weighted by Gasteiger charge is 2.42. The van der Waals surface area contributed by atoms with Crippen LogP contribution in [0.5, 0.6) is 0 Å². The summed E-state index contributed by atoms with van der Waals surface area (Å²) >= 11 is 0. The number of carbonyl (C=O) groups excluding carboxylic acids is 2. The highest BCUT2D eigenvalue weighted by Crippen LogP contribution is 2.33. The quantitative estimate of drug-likeness (QED) is 0.792. The van der Waals surface area contributed by atoms with Gasteiger partial charge in [0.1, 0.15) is 18.7 Å². The van der Waals surface area contributed by atoms with Crippen LogP contribution in [0.1, 0.15) is 35.6 Å². The number of hydrogen-bond donors (Lipinski definition) is 0. The normalized spacial score (nSPS) is 23.1. The fourth-order valence-corrected chi connectivity index (χ4v) is 3.87. The molecule has 148 valence electrons. The van der Waals surface area contributed by atoms with Crippen molar-refractivity contribution in [2.45, 2.75) is 31.8 Å². The molecule has 2 saturated heterocycles. The first-order chi connectivity index (χ1) is 13.5. The van der Waals surface area contributed by atoms with Crippen molar-refractivity contribution in [2.24, 2.45) is 0 Å². The molecule has 0 radical (unpaired) electrons. The number of likely N-dealkylation sites (tertiary alicyclic amines) is 1. The molecule has 1 unspecified atom stereocenters. The number of aryl methyl sites for hydroxylation is 1. The standard InChI is InChI=1S/C20H22FN3O4/c1-14-22-17(11-27-14)19(26)23-9-2-7-20(8-10-23)13-24(18(25)12-28-20)16-5-3-15(21)4-6-16/h3-6,11H,2,7-10,12-13H2,1H3. The Morgan fingerprint density at radius 3 is 2.71 bits per heavy atom. The second kappa shape index (κ2) is 7.35. The smallest absolute Gasteiger partial charge is 0.275 e. The number of ether oxygens (including phenoxy) is 1. The summed E-state index contributed by atoms with van der Waals surface area (Å²) in [6, 6.07) is 5.90. The van der Waals surface area contributed by atoms with Crippen LogP contribution in [-0.4, -0.2) is 53.5 Å². The predicted octanol–water partition coefficient (Wildman–Crippen LogP) is 2.55. The molecule has 1 spiro atoms. The van der Waals surface area contributed by atoms with Gasteiger partial charge in [0.25, 0.3) is 11.8 Å². The van der Waals surface area contributed by atoms with E-state index in [2.05, 4.69) is 4.98 Å². The zero-order valence-corrected chi connectivity index (χ0v) is 15.7. The van der Waals surface area contributed by atoms with Gasteiger partial charge in [-0.25, -0.2) is 9.37 Å². The van der Waals surface area contributed by atoms with Crippen LogP contribution >= 0.6 is 0 Å². The highest BCUT2D eigenvalue weighted by molar-refractivity contribution is 5.95. The fourth-order valence-electron chi connectivity index (χ4n) is 3.87. The van der Waals surface area contributed by atoms with Gasteiger partial charge in [-0.2, -0.15) is 0 Å². The van der Waals surface area contributed by atoms with Crippen molar-refractivity contribution in [1.82, 2.24) is 9.88 Å². The van der Waals surface area contributed by atoms with E-state index in [1.165, 1.54) is 18.4 Å². The molecule has 0 bridgehead atoms. The van der Waals surface area contributed by atoms with Gasteiger partial charge in [-0.15, -0.1) is 0 Å². The van der Waals surface area contributed by atoms with E-state index < -0.39 is 5.60 Å². The van der Waals surface area contributed by atoms with Crippen molar-refractivity contribution in [3.8, 4) is 0 Å². The third kappa shape index (κ3) is 3.64. The summed E-state index contributed by atoms with van der Waals surface area (Å²) in [5.74, 6) is -0.187. The lowest BCUT2D eigenvalue weighted by Crippen LogP contribution is -2.55. The molecule has 2 aliphatic rings. The number of halogens is 1. The Morgan fingerprint density at radius 2 is 2.00 bits per heavy atom. The fraction of sp³-hybridized carbons (Fsp3) is 0.450. The molecule has 1 atom stereocenters. The van der Waals surface area contributed by atoms with Crippen LogP contribution in [0.3, 0.4) is 0 Å². The molecule has 2 aliphatic heterocycles. The van der Waals surface area contributed by atoms with Crippen molar-refractivity contribution in [3.63, 3.8) is 0 Å². The van der Waals surface area contributed by atoms with Crippen LogP contribution in [0.15, 0.2) is 34.9 Å². The number of anilines is 1. The summed E-state index contributed by atoms with van der Waals surface area (Å²) in [6.07, 6.45) is 3.48. The zero-order valence-electron chi connectivity index (χ0n) is 15.7. The Balaban J connectivity index is 1.48. The number of benzene rings is 1. The Hall–Kier alpha value is -2.74. The lowest BCUT2D eigenvalue weighted by atomic mass is 9.92. The van der Waals surface area contributed by atoms with Gasteiger partial charge in [0.05, 0.1) is 12.1 Å². The summed E-state index contributed by atoms with van der Waals surface area (Å²) in [7, 11) is 0. The minimum atomic E-state index is -0.517. The van der Waals surface area contributed by atoms with Crippen LogP contribution in [0.25, 0.3) is 0 Å². The van der Waals surface area contributed by atoms with Gasteiger partial charge in [0.2, 0.25) is 0 Å². The molecule has 4 rings (SSSR count). The maximum atomic E-state index is 13.2. The molecule has 0 N–H and O–H groups in total. The van der Waals surface area contributed by atoms with Crippen molar-refractivity contribution >= 4 is 17.5 Å². The Kier molecular flexibility index (Phi) is 4.89. The Labute approximate surface area is 162 Å². The van der Waals surface area contributed by atoms with E-state index in [0.717, 1.165) is 12.8 Å². The molecule has 3 heterocycles. The topological polar surface area (TPSA) is 75.9 Å². The molecule has 1 aromatic heterocycles. The first-order valence-electron chi connectivity index (χ1n) is 9.37. The summed E-state index contributed by atoms with van der Waals surface area (Å²) in [5.41, 5.74) is 0.447. The number of aromatic nitrogens is 1. The highest BCUT2D eigenvalue weighted by atomic mass is 19.1. The molecule has 2 amide bonds.